The topological polar surface area (TPSA) is 68.0 Å². The average molecular weight is 279 g/mol. The highest BCUT2D eigenvalue weighted by molar-refractivity contribution is 8.00. The molecule has 0 aromatic carbocycles. The van der Waals surface area contributed by atoms with Gasteiger partial charge in [0.1, 0.15) is 0 Å². The molecule has 0 atom stereocenters. The molecule has 2 heterocycles. The van der Waals surface area contributed by atoms with Crippen molar-refractivity contribution in [3.63, 3.8) is 0 Å². The lowest BCUT2D eigenvalue weighted by Crippen LogP contribution is -2.10. The van der Waals surface area contributed by atoms with Gasteiger partial charge in [-0.2, -0.15) is 5.10 Å². The summed E-state index contributed by atoms with van der Waals surface area (Å²) < 4.78 is 1.60. The zero-order chi connectivity index (χ0) is 14.4. The van der Waals surface area contributed by atoms with Gasteiger partial charge in [0.25, 0.3) is 0 Å². The van der Waals surface area contributed by atoms with Crippen molar-refractivity contribution in [2.45, 2.75) is 37.3 Å². The van der Waals surface area contributed by atoms with Crippen LogP contribution in [0.2, 0.25) is 0 Å². The second kappa shape index (κ2) is 4.52. The number of nitrogens with zero attached hydrogens (tertiary/aromatic N) is 3. The standard InChI is InChI=1S/C13H17N3O2S/c1-7-9-10(19-13(2,3)4)8(12(17)18)6-14-11(9)16(5)15-7/h6H,1-5H3,(H,17,18). The van der Waals surface area contributed by atoms with Crippen LogP contribution >= 0.6 is 11.8 Å². The number of aromatic nitrogens is 3. The molecular formula is C13H17N3O2S. The fourth-order valence-electron chi connectivity index (χ4n) is 1.94. The third-order valence-electron chi connectivity index (χ3n) is 2.62. The fraction of sp³-hybridized carbons (Fsp3) is 0.462. The van der Waals surface area contributed by atoms with Gasteiger partial charge in [-0.25, -0.2) is 9.78 Å². The van der Waals surface area contributed by atoms with Crippen LogP contribution in [-0.2, 0) is 7.05 Å². The van der Waals surface area contributed by atoms with Gasteiger partial charge >= 0.3 is 5.97 Å². The van der Waals surface area contributed by atoms with Crippen molar-refractivity contribution in [1.29, 1.82) is 0 Å². The molecule has 0 aliphatic carbocycles. The molecule has 0 radical (unpaired) electrons. The maximum absolute atomic E-state index is 11.4. The molecule has 2 aromatic heterocycles. The first-order chi connectivity index (χ1) is 8.70. The van der Waals surface area contributed by atoms with Crippen LogP contribution in [0.25, 0.3) is 11.0 Å². The monoisotopic (exact) mass is 279 g/mol. The molecule has 6 heteroatoms. The number of carbonyl (C=O) groups is 1. The van der Waals surface area contributed by atoms with Gasteiger partial charge in [0.15, 0.2) is 5.65 Å². The summed E-state index contributed by atoms with van der Waals surface area (Å²) in [6, 6.07) is 0. The minimum absolute atomic E-state index is 0.0826. The van der Waals surface area contributed by atoms with Crippen molar-refractivity contribution >= 4 is 28.8 Å². The molecular weight excluding hydrogens is 262 g/mol. The summed E-state index contributed by atoms with van der Waals surface area (Å²) >= 11 is 1.54. The zero-order valence-corrected chi connectivity index (χ0v) is 12.5. The van der Waals surface area contributed by atoms with Gasteiger partial charge in [-0.3, -0.25) is 4.68 Å². The van der Waals surface area contributed by atoms with E-state index in [4.69, 9.17) is 0 Å². The van der Waals surface area contributed by atoms with Gasteiger partial charge in [0.05, 0.1) is 16.6 Å². The van der Waals surface area contributed by atoms with Crippen LogP contribution in [-0.4, -0.2) is 30.6 Å². The third-order valence-corrected chi connectivity index (χ3v) is 3.86. The van der Waals surface area contributed by atoms with Gasteiger partial charge in [-0.05, 0) is 6.92 Å². The van der Waals surface area contributed by atoms with Crippen molar-refractivity contribution < 1.29 is 9.90 Å². The van der Waals surface area contributed by atoms with Crippen molar-refractivity contribution in [1.82, 2.24) is 14.8 Å². The molecule has 0 amide bonds. The van der Waals surface area contributed by atoms with E-state index in [-0.39, 0.29) is 10.3 Å². The van der Waals surface area contributed by atoms with Gasteiger partial charge in [0, 0.05) is 22.9 Å². The summed E-state index contributed by atoms with van der Waals surface area (Å²) in [5.41, 5.74) is 1.76. The molecule has 19 heavy (non-hydrogen) atoms. The smallest absolute Gasteiger partial charge is 0.338 e. The second-order valence-electron chi connectivity index (χ2n) is 5.43. The number of hydrogen-bond acceptors (Lipinski definition) is 4. The number of aryl methyl sites for hydroxylation is 2. The summed E-state index contributed by atoms with van der Waals surface area (Å²) in [4.78, 5) is 16.4. The maximum Gasteiger partial charge on any atom is 0.338 e. The lowest BCUT2D eigenvalue weighted by molar-refractivity contribution is 0.0693. The van der Waals surface area contributed by atoms with E-state index in [1.807, 2.05) is 14.0 Å². The summed E-state index contributed by atoms with van der Waals surface area (Å²) in [6.45, 7) is 8.05. The van der Waals surface area contributed by atoms with Crippen LogP contribution in [0.1, 0.15) is 36.8 Å². The number of rotatable bonds is 2. The molecule has 0 aliphatic heterocycles. The third kappa shape index (κ3) is 2.58. The summed E-state index contributed by atoms with van der Waals surface area (Å²) in [5.74, 6) is -0.954. The van der Waals surface area contributed by atoms with Crippen LogP contribution < -0.4 is 0 Å². The molecule has 0 bridgehead atoms. The molecule has 0 spiro atoms. The first-order valence-corrected chi connectivity index (χ1v) is 6.77. The number of thioether (sulfide) groups is 1. The summed E-state index contributed by atoms with van der Waals surface area (Å²) in [6.07, 6.45) is 1.42. The molecule has 2 aromatic rings. The molecule has 1 N–H and O–H groups in total. The maximum atomic E-state index is 11.4. The van der Waals surface area contributed by atoms with Crippen molar-refractivity contribution in [2.75, 3.05) is 0 Å². The van der Waals surface area contributed by atoms with Crippen LogP contribution in [0.3, 0.4) is 0 Å². The number of aromatic carboxylic acids is 1. The Morgan fingerprint density at radius 1 is 1.42 bits per heavy atom. The number of carboxylic acid groups (broad SMARTS) is 1. The highest BCUT2D eigenvalue weighted by atomic mass is 32.2. The van der Waals surface area contributed by atoms with E-state index >= 15 is 0 Å². The van der Waals surface area contributed by atoms with E-state index < -0.39 is 5.97 Å². The minimum atomic E-state index is -0.954. The lowest BCUT2D eigenvalue weighted by atomic mass is 10.2. The predicted octanol–water partition coefficient (Wildman–Crippen LogP) is 2.87. The lowest BCUT2D eigenvalue weighted by Gasteiger charge is -2.19. The average Bonchev–Trinajstić information content (AvgIpc) is 2.52. The minimum Gasteiger partial charge on any atom is -0.478 e. The van der Waals surface area contributed by atoms with Crippen molar-refractivity contribution in [3.05, 3.63) is 17.5 Å². The molecule has 102 valence electrons. The first-order valence-electron chi connectivity index (χ1n) is 5.95. The van der Waals surface area contributed by atoms with E-state index in [0.717, 1.165) is 16.0 Å². The van der Waals surface area contributed by atoms with E-state index in [1.54, 1.807) is 4.68 Å². The van der Waals surface area contributed by atoms with Crippen LogP contribution in [0.5, 0.6) is 0 Å². The number of hydrogen-bond donors (Lipinski definition) is 1. The Morgan fingerprint density at radius 3 is 2.58 bits per heavy atom. The van der Waals surface area contributed by atoms with Crippen LogP contribution in [0.4, 0.5) is 0 Å². The first kappa shape index (κ1) is 13.9. The summed E-state index contributed by atoms with van der Waals surface area (Å²) in [7, 11) is 1.81. The van der Waals surface area contributed by atoms with Gasteiger partial charge in [0.2, 0.25) is 0 Å². The molecule has 0 fully saturated rings. The number of fused-ring (bicyclic) bond motifs is 1. The Labute approximate surface area is 116 Å². The number of carboxylic acids is 1. The molecule has 0 aliphatic rings. The number of pyridine rings is 1. The highest BCUT2D eigenvalue weighted by Crippen LogP contribution is 2.39. The molecule has 5 nitrogen and oxygen atoms in total. The molecule has 0 unspecified atom stereocenters. The van der Waals surface area contributed by atoms with Gasteiger partial charge in [-0.15, -0.1) is 11.8 Å². The Morgan fingerprint density at radius 2 is 2.05 bits per heavy atom. The van der Waals surface area contributed by atoms with Crippen LogP contribution in [0, 0.1) is 6.92 Å². The van der Waals surface area contributed by atoms with Crippen molar-refractivity contribution in [2.24, 2.45) is 7.05 Å². The largest absolute Gasteiger partial charge is 0.478 e. The molecule has 2 rings (SSSR count). The van der Waals surface area contributed by atoms with E-state index in [1.165, 1.54) is 18.0 Å². The predicted molar refractivity (Wildman–Crippen MR) is 75.8 cm³/mol. The van der Waals surface area contributed by atoms with Gasteiger partial charge in [-0.1, -0.05) is 20.8 Å². The Kier molecular flexibility index (Phi) is 3.30. The van der Waals surface area contributed by atoms with E-state index in [2.05, 4.69) is 30.9 Å². The van der Waals surface area contributed by atoms with Crippen LogP contribution in [0.15, 0.2) is 11.1 Å². The normalized spacial score (nSPS) is 12.1. The highest BCUT2D eigenvalue weighted by Gasteiger charge is 2.23. The van der Waals surface area contributed by atoms with Gasteiger partial charge < -0.3 is 5.11 Å². The molecule has 0 saturated carbocycles. The zero-order valence-electron chi connectivity index (χ0n) is 11.7. The van der Waals surface area contributed by atoms with E-state index in [0.29, 0.717) is 5.65 Å². The van der Waals surface area contributed by atoms with Crippen molar-refractivity contribution in [3.8, 4) is 0 Å². The fourth-order valence-corrected chi connectivity index (χ4v) is 3.15. The molecule has 0 saturated heterocycles. The SMILES string of the molecule is Cc1nn(C)c2ncc(C(=O)O)c(SC(C)(C)C)c12. The van der Waals surface area contributed by atoms with E-state index in [9.17, 15) is 9.90 Å². The Balaban J connectivity index is 2.80. The Bertz CT molecular complexity index is 656. The Hall–Kier alpha value is -1.56. The quantitative estimate of drug-likeness (QED) is 0.856. The second-order valence-corrected chi connectivity index (χ2v) is 7.27. The summed E-state index contributed by atoms with van der Waals surface area (Å²) in [5, 5.41) is 14.5.